The van der Waals surface area contributed by atoms with Crippen molar-refractivity contribution in [2.45, 2.75) is 38.6 Å². The molecule has 90 valence electrons. The molecule has 3 heteroatoms. The Morgan fingerprint density at radius 3 is 2.75 bits per heavy atom. The van der Waals surface area contributed by atoms with Gasteiger partial charge in [-0.3, -0.25) is 0 Å². The second-order valence-electron chi connectivity index (χ2n) is 4.00. The van der Waals surface area contributed by atoms with Gasteiger partial charge in [-0.05, 0) is 24.1 Å². The van der Waals surface area contributed by atoms with E-state index in [-0.39, 0.29) is 17.6 Å². The van der Waals surface area contributed by atoms with Crippen LogP contribution in [0.2, 0.25) is 0 Å². The minimum Gasteiger partial charge on any atom is -0.494 e. The van der Waals surface area contributed by atoms with Crippen molar-refractivity contribution in [3.63, 3.8) is 0 Å². The quantitative estimate of drug-likeness (QED) is 0.753. The molecular weight excluding hydrogens is 205 g/mol. The Kier molecular flexibility index (Phi) is 5.26. The Labute approximate surface area is 96.6 Å². The highest BCUT2D eigenvalue weighted by molar-refractivity contribution is 5.31. The van der Waals surface area contributed by atoms with Gasteiger partial charge in [-0.25, -0.2) is 4.39 Å². The minimum absolute atomic E-state index is 0.0268. The van der Waals surface area contributed by atoms with Crippen molar-refractivity contribution in [2.75, 3.05) is 7.11 Å². The second kappa shape index (κ2) is 6.48. The van der Waals surface area contributed by atoms with Crippen molar-refractivity contribution >= 4 is 0 Å². The first kappa shape index (κ1) is 13.0. The summed E-state index contributed by atoms with van der Waals surface area (Å²) in [6, 6.07) is 4.80. The van der Waals surface area contributed by atoms with E-state index in [1.807, 2.05) is 0 Å². The maximum atomic E-state index is 13.2. The first-order chi connectivity index (χ1) is 7.69. The third-order valence-electron chi connectivity index (χ3n) is 2.72. The number of nitrogens with two attached hydrogens (primary N) is 1. The fraction of sp³-hybridized carbons (Fsp3) is 0.538. The summed E-state index contributed by atoms with van der Waals surface area (Å²) in [6.45, 7) is 2.16. The number of rotatable bonds is 6. The molecule has 1 rings (SSSR count). The predicted octanol–water partition coefficient (Wildman–Crippen LogP) is 3.41. The lowest BCUT2D eigenvalue weighted by Crippen LogP contribution is -2.10. The molecule has 0 bridgehead atoms. The zero-order valence-electron chi connectivity index (χ0n) is 10.0. The molecule has 16 heavy (non-hydrogen) atoms. The van der Waals surface area contributed by atoms with Crippen molar-refractivity contribution in [3.8, 4) is 5.75 Å². The molecule has 0 aliphatic rings. The van der Waals surface area contributed by atoms with Gasteiger partial charge in [0.15, 0.2) is 11.6 Å². The molecule has 0 aliphatic heterocycles. The molecule has 1 atom stereocenters. The Bertz CT molecular complexity index is 328. The number of methoxy groups -OCH3 is 1. The maximum absolute atomic E-state index is 13.2. The van der Waals surface area contributed by atoms with E-state index >= 15 is 0 Å². The summed E-state index contributed by atoms with van der Waals surface area (Å²) < 4.78 is 18.1. The third-order valence-corrected chi connectivity index (χ3v) is 2.72. The fourth-order valence-electron chi connectivity index (χ4n) is 1.69. The molecule has 0 heterocycles. The SMILES string of the molecule is CCCCC[C@H](N)c1ccc(F)c(OC)c1. The van der Waals surface area contributed by atoms with Crippen LogP contribution in [0.4, 0.5) is 4.39 Å². The first-order valence-electron chi connectivity index (χ1n) is 5.78. The highest BCUT2D eigenvalue weighted by Crippen LogP contribution is 2.24. The number of unbranched alkanes of at least 4 members (excludes halogenated alkanes) is 2. The van der Waals surface area contributed by atoms with Gasteiger partial charge in [-0.15, -0.1) is 0 Å². The van der Waals surface area contributed by atoms with E-state index in [2.05, 4.69) is 6.92 Å². The summed E-state index contributed by atoms with van der Waals surface area (Å²) in [5, 5.41) is 0. The van der Waals surface area contributed by atoms with Crippen LogP contribution in [0, 0.1) is 5.82 Å². The number of halogens is 1. The summed E-state index contributed by atoms with van der Waals surface area (Å²) in [5.41, 5.74) is 6.97. The maximum Gasteiger partial charge on any atom is 0.165 e. The van der Waals surface area contributed by atoms with Gasteiger partial charge in [0.1, 0.15) is 0 Å². The van der Waals surface area contributed by atoms with Crippen molar-refractivity contribution < 1.29 is 9.13 Å². The summed E-state index contributed by atoms with van der Waals surface area (Å²) in [4.78, 5) is 0. The van der Waals surface area contributed by atoms with E-state index in [1.54, 1.807) is 12.1 Å². The van der Waals surface area contributed by atoms with Gasteiger partial charge in [-0.2, -0.15) is 0 Å². The molecule has 1 aromatic rings. The van der Waals surface area contributed by atoms with Gasteiger partial charge in [0.05, 0.1) is 7.11 Å². The molecule has 2 nitrogen and oxygen atoms in total. The molecule has 0 aliphatic carbocycles. The van der Waals surface area contributed by atoms with E-state index in [9.17, 15) is 4.39 Å². The molecule has 0 fully saturated rings. The number of ether oxygens (including phenoxy) is 1. The van der Waals surface area contributed by atoms with Gasteiger partial charge in [0.25, 0.3) is 0 Å². The van der Waals surface area contributed by atoms with Crippen LogP contribution in [0.25, 0.3) is 0 Å². The van der Waals surface area contributed by atoms with Gasteiger partial charge in [0, 0.05) is 6.04 Å². The molecule has 0 saturated carbocycles. The Morgan fingerprint density at radius 1 is 1.38 bits per heavy atom. The number of benzene rings is 1. The van der Waals surface area contributed by atoms with E-state index in [0.29, 0.717) is 0 Å². The van der Waals surface area contributed by atoms with Crippen LogP contribution in [0.1, 0.15) is 44.2 Å². The highest BCUT2D eigenvalue weighted by Gasteiger charge is 2.09. The third kappa shape index (κ3) is 3.49. The lowest BCUT2D eigenvalue weighted by atomic mass is 10.0. The molecule has 0 spiro atoms. The van der Waals surface area contributed by atoms with Crippen LogP contribution in [-0.2, 0) is 0 Å². The van der Waals surface area contributed by atoms with Crippen molar-refractivity contribution in [1.82, 2.24) is 0 Å². The number of hydrogen-bond acceptors (Lipinski definition) is 2. The fourth-order valence-corrected chi connectivity index (χ4v) is 1.69. The lowest BCUT2D eigenvalue weighted by molar-refractivity contribution is 0.385. The molecule has 0 radical (unpaired) electrons. The smallest absolute Gasteiger partial charge is 0.165 e. The van der Waals surface area contributed by atoms with Crippen molar-refractivity contribution in [2.24, 2.45) is 5.73 Å². The van der Waals surface area contributed by atoms with Crippen LogP contribution >= 0.6 is 0 Å². The van der Waals surface area contributed by atoms with Crippen LogP contribution in [0.15, 0.2) is 18.2 Å². The molecule has 2 N–H and O–H groups in total. The Hall–Kier alpha value is -1.09. The molecule has 0 unspecified atom stereocenters. The topological polar surface area (TPSA) is 35.2 Å². The molecular formula is C13H20FNO. The van der Waals surface area contributed by atoms with E-state index < -0.39 is 0 Å². The zero-order valence-corrected chi connectivity index (χ0v) is 10.0. The van der Waals surface area contributed by atoms with Crippen molar-refractivity contribution in [1.29, 1.82) is 0 Å². The van der Waals surface area contributed by atoms with Gasteiger partial charge >= 0.3 is 0 Å². The molecule has 0 saturated heterocycles. The van der Waals surface area contributed by atoms with Crippen molar-refractivity contribution in [3.05, 3.63) is 29.6 Å². The van der Waals surface area contributed by atoms with E-state index in [1.165, 1.54) is 26.0 Å². The summed E-state index contributed by atoms with van der Waals surface area (Å²) in [5.74, 6) is -0.0737. The Balaban J connectivity index is 2.64. The largest absolute Gasteiger partial charge is 0.494 e. The van der Waals surface area contributed by atoms with Gasteiger partial charge in [0.2, 0.25) is 0 Å². The molecule has 0 aromatic heterocycles. The summed E-state index contributed by atoms with van der Waals surface area (Å²) in [6.07, 6.45) is 4.41. The average molecular weight is 225 g/mol. The predicted molar refractivity (Wildman–Crippen MR) is 64.0 cm³/mol. The van der Waals surface area contributed by atoms with Crippen LogP contribution in [-0.4, -0.2) is 7.11 Å². The average Bonchev–Trinajstić information content (AvgIpc) is 2.30. The van der Waals surface area contributed by atoms with Gasteiger partial charge in [-0.1, -0.05) is 32.3 Å². The van der Waals surface area contributed by atoms with Crippen LogP contribution in [0.3, 0.4) is 0 Å². The number of hydrogen-bond donors (Lipinski definition) is 1. The highest BCUT2D eigenvalue weighted by atomic mass is 19.1. The molecule has 0 amide bonds. The Morgan fingerprint density at radius 2 is 2.12 bits per heavy atom. The summed E-state index contributed by atoms with van der Waals surface area (Å²) in [7, 11) is 1.46. The first-order valence-corrected chi connectivity index (χ1v) is 5.78. The lowest BCUT2D eigenvalue weighted by Gasteiger charge is -2.13. The monoisotopic (exact) mass is 225 g/mol. The minimum atomic E-state index is -0.341. The zero-order chi connectivity index (χ0) is 12.0. The molecule has 1 aromatic carbocycles. The van der Waals surface area contributed by atoms with Gasteiger partial charge < -0.3 is 10.5 Å². The van der Waals surface area contributed by atoms with Crippen LogP contribution < -0.4 is 10.5 Å². The standard InChI is InChI=1S/C13H20FNO/c1-3-4-5-6-12(15)10-7-8-11(14)13(9-10)16-2/h7-9,12H,3-6,15H2,1-2H3/t12-/m0/s1. The summed E-state index contributed by atoms with van der Waals surface area (Å²) >= 11 is 0. The van der Waals surface area contributed by atoms with E-state index in [0.717, 1.165) is 18.4 Å². The van der Waals surface area contributed by atoms with Crippen LogP contribution in [0.5, 0.6) is 5.75 Å². The normalized spacial score (nSPS) is 12.5. The second-order valence-corrected chi connectivity index (χ2v) is 4.00. The van der Waals surface area contributed by atoms with E-state index in [4.69, 9.17) is 10.5 Å².